The first-order valence-electron chi connectivity index (χ1n) is 17.1. The van der Waals surface area contributed by atoms with Gasteiger partial charge in [-0.2, -0.15) is 0 Å². The molecule has 0 spiro atoms. The molecule has 0 heterocycles. The van der Waals surface area contributed by atoms with Crippen LogP contribution in [0.5, 0.6) is 0 Å². The third-order valence-electron chi connectivity index (χ3n) is 6.72. The van der Waals surface area contributed by atoms with Gasteiger partial charge in [0.25, 0.3) is 0 Å². The smallest absolute Gasteiger partial charge is 0.387 e. The van der Waals surface area contributed by atoms with E-state index in [0.717, 1.165) is 96.3 Å². The fourth-order valence-electron chi connectivity index (χ4n) is 4.18. The van der Waals surface area contributed by atoms with Gasteiger partial charge in [-0.3, -0.25) is 13.8 Å². The average Bonchev–Trinajstić information content (AvgIpc) is 3.02. The van der Waals surface area contributed by atoms with Crippen LogP contribution in [0.25, 0.3) is 0 Å². The monoisotopic (exact) mass is 650 g/mol. The number of hydrogen-bond donors (Lipinski definition) is 4. The predicted molar refractivity (Wildman–Crippen MR) is 189 cm³/mol. The number of carbonyl (C=O) groups is 1. The minimum Gasteiger partial charge on any atom is -0.387 e. The second-order valence-electron chi connectivity index (χ2n) is 11.0. The quantitative estimate of drug-likeness (QED) is 0.0348. The van der Waals surface area contributed by atoms with Crippen molar-refractivity contribution < 1.29 is 28.4 Å². The van der Waals surface area contributed by atoms with Crippen LogP contribution in [0.1, 0.15) is 117 Å². The lowest BCUT2D eigenvalue weighted by Crippen LogP contribution is -2.45. The summed E-state index contributed by atoms with van der Waals surface area (Å²) in [5.74, 6) is -0.233. The van der Waals surface area contributed by atoms with Crippen LogP contribution in [0.2, 0.25) is 0 Å². The fourth-order valence-corrected chi connectivity index (χ4v) is 4.94. The number of phosphoric acid groups is 1. The molecule has 3 atom stereocenters. The second-order valence-corrected chi connectivity index (χ2v) is 12.4. The molecule has 258 valence electrons. The van der Waals surface area contributed by atoms with Crippen molar-refractivity contribution in [1.82, 2.24) is 5.32 Å². The number of allylic oxidation sites excluding steroid dienone is 11. The summed E-state index contributed by atoms with van der Waals surface area (Å²) in [6.07, 6.45) is 39.5. The number of amides is 1. The summed E-state index contributed by atoms with van der Waals surface area (Å²) < 4.78 is 21.9. The highest BCUT2D eigenvalue weighted by molar-refractivity contribution is 7.47. The molecule has 0 aliphatic heterocycles. The Morgan fingerprint density at radius 1 is 0.756 bits per heavy atom. The van der Waals surface area contributed by atoms with Gasteiger partial charge in [0.15, 0.2) is 0 Å². The minimum atomic E-state index is -4.35. The lowest BCUT2D eigenvalue weighted by Gasteiger charge is -2.23. The summed E-state index contributed by atoms with van der Waals surface area (Å²) in [5, 5.41) is 13.5. The third kappa shape index (κ3) is 30.4. The van der Waals surface area contributed by atoms with Crippen LogP contribution in [-0.4, -0.2) is 47.8 Å². The predicted octanol–water partition coefficient (Wildman–Crippen LogP) is 8.54. The SMILES string of the molecule is CC/C=C\C/C=C\C/C=C\CCCCCCCC(=O)NC(COP(=O)(O)OCCN)C(O)/C=C/CC/C=C/CC/C=C/CCC. The topological polar surface area (TPSA) is 131 Å². The largest absolute Gasteiger partial charge is 0.472 e. The third-order valence-corrected chi connectivity index (χ3v) is 7.71. The summed E-state index contributed by atoms with van der Waals surface area (Å²) in [7, 11) is -4.35. The summed E-state index contributed by atoms with van der Waals surface area (Å²) >= 11 is 0. The number of aliphatic hydroxyl groups is 1. The maximum Gasteiger partial charge on any atom is 0.472 e. The van der Waals surface area contributed by atoms with Gasteiger partial charge >= 0.3 is 7.82 Å². The molecule has 1 amide bonds. The van der Waals surface area contributed by atoms with Crippen LogP contribution in [0.4, 0.5) is 0 Å². The summed E-state index contributed by atoms with van der Waals surface area (Å²) in [4.78, 5) is 22.5. The van der Waals surface area contributed by atoms with E-state index in [-0.39, 0.29) is 25.7 Å². The van der Waals surface area contributed by atoms with Crippen LogP contribution in [-0.2, 0) is 18.4 Å². The first-order valence-corrected chi connectivity index (χ1v) is 18.6. The normalized spacial score (nSPS) is 15.4. The highest BCUT2D eigenvalue weighted by Crippen LogP contribution is 2.43. The Morgan fingerprint density at radius 3 is 1.96 bits per heavy atom. The molecule has 8 nitrogen and oxygen atoms in total. The van der Waals surface area contributed by atoms with E-state index in [1.165, 1.54) is 0 Å². The molecule has 0 aromatic rings. The summed E-state index contributed by atoms with van der Waals surface area (Å²) in [6.45, 7) is 3.85. The summed E-state index contributed by atoms with van der Waals surface area (Å²) in [6, 6.07) is -0.893. The number of phosphoric ester groups is 1. The Bertz CT molecular complexity index is 929. The maximum atomic E-state index is 12.6. The molecule has 0 aromatic carbocycles. The highest BCUT2D eigenvalue weighted by atomic mass is 31.2. The molecule has 3 unspecified atom stereocenters. The molecule has 0 saturated carbocycles. The molecule has 0 aliphatic rings. The van der Waals surface area contributed by atoms with Crippen molar-refractivity contribution in [2.75, 3.05) is 19.8 Å². The van der Waals surface area contributed by atoms with E-state index in [0.29, 0.717) is 6.42 Å². The van der Waals surface area contributed by atoms with Crippen LogP contribution in [0.15, 0.2) is 72.9 Å². The number of nitrogens with two attached hydrogens (primary N) is 1. The van der Waals surface area contributed by atoms with E-state index >= 15 is 0 Å². The van der Waals surface area contributed by atoms with Gasteiger partial charge in [0.2, 0.25) is 5.91 Å². The van der Waals surface area contributed by atoms with E-state index in [1.54, 1.807) is 6.08 Å². The molecular formula is C36H63N2O6P. The van der Waals surface area contributed by atoms with Crippen molar-refractivity contribution in [2.24, 2.45) is 5.73 Å². The zero-order valence-corrected chi connectivity index (χ0v) is 29.0. The van der Waals surface area contributed by atoms with E-state index in [9.17, 15) is 19.4 Å². The van der Waals surface area contributed by atoms with Crippen LogP contribution < -0.4 is 11.1 Å². The van der Waals surface area contributed by atoms with Crippen LogP contribution in [0.3, 0.4) is 0 Å². The van der Waals surface area contributed by atoms with Gasteiger partial charge < -0.3 is 21.1 Å². The van der Waals surface area contributed by atoms with E-state index in [2.05, 4.69) is 79.9 Å². The number of carbonyl (C=O) groups excluding carboxylic acids is 1. The number of unbranched alkanes of at least 4 members (excludes halogenated alkanes) is 8. The minimum absolute atomic E-state index is 0.0646. The zero-order chi connectivity index (χ0) is 33.3. The Morgan fingerprint density at radius 2 is 1.31 bits per heavy atom. The number of aliphatic hydroxyl groups excluding tert-OH is 1. The van der Waals surface area contributed by atoms with Crippen molar-refractivity contribution in [3.05, 3.63) is 72.9 Å². The van der Waals surface area contributed by atoms with Crippen molar-refractivity contribution >= 4 is 13.7 Å². The highest BCUT2D eigenvalue weighted by Gasteiger charge is 2.26. The van der Waals surface area contributed by atoms with Gasteiger partial charge in [0.05, 0.1) is 25.4 Å². The molecule has 0 saturated heterocycles. The van der Waals surface area contributed by atoms with E-state index < -0.39 is 20.0 Å². The van der Waals surface area contributed by atoms with Crippen molar-refractivity contribution in [3.8, 4) is 0 Å². The molecule has 0 bridgehead atoms. The molecule has 0 aliphatic carbocycles. The first-order chi connectivity index (χ1) is 21.9. The molecule has 9 heteroatoms. The van der Waals surface area contributed by atoms with Crippen molar-refractivity contribution in [2.45, 2.75) is 129 Å². The molecule has 45 heavy (non-hydrogen) atoms. The molecule has 0 fully saturated rings. The first kappa shape index (κ1) is 42.9. The van der Waals surface area contributed by atoms with Crippen molar-refractivity contribution in [1.29, 1.82) is 0 Å². The van der Waals surface area contributed by atoms with Gasteiger partial charge in [-0.25, -0.2) is 4.57 Å². The standard InChI is InChI=1S/C36H63N2O6P/c1-3-5-7-9-11-13-15-16-17-18-20-22-24-26-28-30-36(40)38-34(33-44-45(41,42)43-32-31-37)35(39)29-27-25-23-21-19-14-12-10-8-6-4-2/h5,7-8,10-11,13,16-17,19,21,27,29,34-35,39H,3-4,6,9,12,14-15,18,20,22-26,28,30-33,37H2,1-2H3,(H,38,40)(H,41,42)/b7-5-,10-8+,13-11-,17-16-,21-19+,29-27+. The lowest BCUT2D eigenvalue weighted by molar-refractivity contribution is -0.123. The van der Waals surface area contributed by atoms with E-state index in [1.807, 2.05) is 6.08 Å². The molecule has 0 rings (SSSR count). The van der Waals surface area contributed by atoms with Gasteiger partial charge in [-0.05, 0) is 70.6 Å². The number of hydrogen-bond acceptors (Lipinski definition) is 6. The Kier molecular flexibility index (Phi) is 30.4. The second kappa shape index (κ2) is 31.9. The Balaban J connectivity index is 4.48. The average molecular weight is 651 g/mol. The lowest BCUT2D eigenvalue weighted by atomic mass is 10.1. The van der Waals surface area contributed by atoms with Gasteiger partial charge in [0.1, 0.15) is 0 Å². The Hall–Kier alpha value is -2.06. The Labute approximate surface area is 274 Å². The molecule has 0 aromatic heterocycles. The maximum absolute atomic E-state index is 12.6. The number of rotatable bonds is 30. The molecular weight excluding hydrogens is 587 g/mol. The molecule has 5 N–H and O–H groups in total. The zero-order valence-electron chi connectivity index (χ0n) is 28.1. The molecule has 0 radical (unpaired) electrons. The number of nitrogens with one attached hydrogen (secondary N) is 1. The summed E-state index contributed by atoms with van der Waals surface area (Å²) in [5.41, 5.74) is 5.33. The van der Waals surface area contributed by atoms with Crippen LogP contribution >= 0.6 is 7.82 Å². The van der Waals surface area contributed by atoms with Gasteiger partial charge in [0, 0.05) is 13.0 Å². The van der Waals surface area contributed by atoms with E-state index in [4.69, 9.17) is 14.8 Å². The van der Waals surface area contributed by atoms with Crippen molar-refractivity contribution in [3.63, 3.8) is 0 Å². The van der Waals surface area contributed by atoms with Gasteiger partial charge in [-0.1, -0.05) is 112 Å². The fraction of sp³-hybridized carbons (Fsp3) is 0.639. The van der Waals surface area contributed by atoms with Gasteiger partial charge in [-0.15, -0.1) is 0 Å². The van der Waals surface area contributed by atoms with Crippen LogP contribution in [0, 0.1) is 0 Å².